The Kier molecular flexibility index (Phi) is 3.70. The molecule has 0 saturated heterocycles. The Hall–Kier alpha value is -1.10. The molecule has 0 aliphatic heterocycles. The monoisotopic (exact) mass is 200 g/mol. The van der Waals surface area contributed by atoms with Crippen LogP contribution in [-0.2, 0) is 16.0 Å². The largest absolute Gasteiger partial charge is 0.468 e. The first-order chi connectivity index (χ1) is 6.26. The fourth-order valence-electron chi connectivity index (χ4n) is 0.771. The van der Waals surface area contributed by atoms with Crippen LogP contribution in [0.4, 0.5) is 5.13 Å². The van der Waals surface area contributed by atoms with E-state index in [2.05, 4.69) is 15.0 Å². The van der Waals surface area contributed by atoms with Gasteiger partial charge in [0.15, 0.2) is 5.13 Å². The van der Waals surface area contributed by atoms with Crippen molar-refractivity contribution in [2.45, 2.75) is 13.3 Å². The zero-order valence-corrected chi connectivity index (χ0v) is 8.48. The number of hydrogen-bond donors (Lipinski definition) is 1. The van der Waals surface area contributed by atoms with E-state index in [9.17, 15) is 4.79 Å². The molecule has 4 nitrogen and oxygen atoms in total. The molecule has 0 spiro atoms. The number of carbonyl (C=O) groups excluding carboxylic acids is 1. The first kappa shape index (κ1) is 9.98. The van der Waals surface area contributed by atoms with Gasteiger partial charge in [0.1, 0.15) is 6.54 Å². The lowest BCUT2D eigenvalue weighted by Crippen LogP contribution is -2.14. The molecule has 1 heterocycles. The molecule has 0 bridgehead atoms. The van der Waals surface area contributed by atoms with Gasteiger partial charge in [0.2, 0.25) is 0 Å². The van der Waals surface area contributed by atoms with Crippen LogP contribution < -0.4 is 5.32 Å². The summed E-state index contributed by atoms with van der Waals surface area (Å²) in [7, 11) is 1.36. The number of esters is 1. The molecule has 0 saturated carbocycles. The van der Waals surface area contributed by atoms with Crippen LogP contribution in [-0.4, -0.2) is 24.6 Å². The Morgan fingerprint density at radius 1 is 1.77 bits per heavy atom. The lowest BCUT2D eigenvalue weighted by atomic mass is 10.4. The molecule has 0 aliphatic carbocycles. The summed E-state index contributed by atoms with van der Waals surface area (Å²) >= 11 is 1.50. The summed E-state index contributed by atoms with van der Waals surface area (Å²) in [6.07, 6.45) is 0.913. The van der Waals surface area contributed by atoms with Gasteiger partial charge in [-0.1, -0.05) is 6.92 Å². The Morgan fingerprint density at radius 3 is 3.08 bits per heavy atom. The van der Waals surface area contributed by atoms with Crippen LogP contribution in [0, 0.1) is 0 Å². The number of nitrogens with one attached hydrogen (secondary N) is 1. The second-order valence-electron chi connectivity index (χ2n) is 2.43. The number of carbonyl (C=O) groups is 1. The zero-order chi connectivity index (χ0) is 9.68. The number of methoxy groups -OCH3 is 1. The summed E-state index contributed by atoms with van der Waals surface area (Å²) < 4.78 is 4.48. The molecule has 0 fully saturated rings. The van der Waals surface area contributed by atoms with E-state index >= 15 is 0 Å². The van der Waals surface area contributed by atoms with Gasteiger partial charge >= 0.3 is 5.97 Å². The molecule has 0 radical (unpaired) electrons. The average Bonchev–Trinajstić information content (AvgIpc) is 2.61. The molecule has 72 valence electrons. The lowest BCUT2D eigenvalue weighted by Gasteiger charge is -1.99. The van der Waals surface area contributed by atoms with Crippen molar-refractivity contribution in [3.05, 3.63) is 11.1 Å². The van der Waals surface area contributed by atoms with E-state index in [0.29, 0.717) is 0 Å². The lowest BCUT2D eigenvalue weighted by molar-refractivity contribution is -0.138. The number of aromatic nitrogens is 1. The predicted octanol–water partition coefficient (Wildman–Crippen LogP) is 1.29. The van der Waals surface area contributed by atoms with Gasteiger partial charge in [0.25, 0.3) is 0 Å². The van der Waals surface area contributed by atoms with Gasteiger partial charge < -0.3 is 10.1 Å². The Labute approximate surface area is 80.9 Å². The number of ether oxygens (including phenoxy) is 1. The quantitative estimate of drug-likeness (QED) is 0.744. The number of rotatable bonds is 4. The highest BCUT2D eigenvalue weighted by atomic mass is 32.1. The SMILES string of the molecule is CCc1csc(NCC(=O)OC)n1. The molecule has 5 heteroatoms. The normalized spacial score (nSPS) is 9.69. The summed E-state index contributed by atoms with van der Waals surface area (Å²) in [5.74, 6) is -0.284. The minimum Gasteiger partial charge on any atom is -0.468 e. The topological polar surface area (TPSA) is 51.2 Å². The van der Waals surface area contributed by atoms with E-state index in [4.69, 9.17) is 0 Å². The first-order valence-electron chi connectivity index (χ1n) is 4.01. The molecule has 1 N–H and O–H groups in total. The van der Waals surface area contributed by atoms with Crippen LogP contribution in [0.15, 0.2) is 5.38 Å². The van der Waals surface area contributed by atoms with Crippen LogP contribution >= 0.6 is 11.3 Å². The average molecular weight is 200 g/mol. The molecule has 0 unspecified atom stereocenters. The minimum absolute atomic E-state index is 0.174. The van der Waals surface area contributed by atoms with E-state index in [-0.39, 0.29) is 12.5 Å². The summed E-state index contributed by atoms with van der Waals surface area (Å²) in [5, 5.41) is 5.62. The smallest absolute Gasteiger partial charge is 0.325 e. The molecule has 0 atom stereocenters. The summed E-state index contributed by atoms with van der Waals surface area (Å²) in [6, 6.07) is 0. The van der Waals surface area contributed by atoms with E-state index in [1.54, 1.807) is 0 Å². The fraction of sp³-hybridized carbons (Fsp3) is 0.500. The summed E-state index contributed by atoms with van der Waals surface area (Å²) in [6.45, 7) is 2.21. The van der Waals surface area contributed by atoms with E-state index < -0.39 is 0 Å². The second-order valence-corrected chi connectivity index (χ2v) is 3.29. The molecule has 0 aromatic carbocycles. The van der Waals surface area contributed by atoms with Crippen molar-refractivity contribution in [3.8, 4) is 0 Å². The van der Waals surface area contributed by atoms with Gasteiger partial charge in [-0.2, -0.15) is 0 Å². The molecule has 13 heavy (non-hydrogen) atoms. The number of hydrogen-bond acceptors (Lipinski definition) is 5. The highest BCUT2D eigenvalue weighted by Gasteiger charge is 2.02. The van der Waals surface area contributed by atoms with Crippen molar-refractivity contribution in [3.63, 3.8) is 0 Å². The summed E-state index contributed by atoms with van der Waals surface area (Å²) in [4.78, 5) is 15.0. The zero-order valence-electron chi connectivity index (χ0n) is 7.66. The maximum atomic E-state index is 10.8. The van der Waals surface area contributed by atoms with Crippen LogP contribution in [0.3, 0.4) is 0 Å². The number of nitrogens with zero attached hydrogens (tertiary/aromatic N) is 1. The van der Waals surface area contributed by atoms with Gasteiger partial charge in [0, 0.05) is 5.38 Å². The van der Waals surface area contributed by atoms with Gasteiger partial charge in [-0.25, -0.2) is 4.98 Å². The van der Waals surface area contributed by atoms with Crippen molar-refractivity contribution in [1.82, 2.24) is 4.98 Å². The number of anilines is 1. The third-order valence-corrected chi connectivity index (χ3v) is 2.37. The Bertz CT molecular complexity index is 285. The third-order valence-electron chi connectivity index (χ3n) is 1.53. The predicted molar refractivity (Wildman–Crippen MR) is 52.0 cm³/mol. The molecular formula is C8H12N2O2S. The number of thiazole rings is 1. The van der Waals surface area contributed by atoms with E-state index in [1.165, 1.54) is 18.4 Å². The fourth-order valence-corrected chi connectivity index (χ4v) is 1.56. The Balaban J connectivity index is 2.41. The molecule has 0 aliphatic rings. The van der Waals surface area contributed by atoms with Crippen molar-refractivity contribution in [1.29, 1.82) is 0 Å². The van der Waals surface area contributed by atoms with Gasteiger partial charge in [0.05, 0.1) is 12.8 Å². The van der Waals surface area contributed by atoms with Crippen LogP contribution in [0.1, 0.15) is 12.6 Å². The molecule has 0 amide bonds. The third kappa shape index (κ3) is 3.02. The van der Waals surface area contributed by atoms with Crippen molar-refractivity contribution < 1.29 is 9.53 Å². The molecule has 1 aromatic heterocycles. The summed E-state index contributed by atoms with van der Waals surface area (Å²) in [5.41, 5.74) is 1.04. The number of aryl methyl sites for hydroxylation is 1. The van der Waals surface area contributed by atoms with Crippen molar-refractivity contribution in [2.75, 3.05) is 19.0 Å². The van der Waals surface area contributed by atoms with Gasteiger partial charge in [-0.3, -0.25) is 4.79 Å². The Morgan fingerprint density at radius 2 is 2.54 bits per heavy atom. The molecule has 1 rings (SSSR count). The standard InChI is InChI=1S/C8H12N2O2S/c1-3-6-5-13-8(10-6)9-4-7(11)12-2/h5H,3-4H2,1-2H3,(H,9,10). The molecule has 1 aromatic rings. The minimum atomic E-state index is -0.284. The maximum absolute atomic E-state index is 10.8. The van der Waals surface area contributed by atoms with Crippen LogP contribution in [0.5, 0.6) is 0 Å². The van der Waals surface area contributed by atoms with Crippen LogP contribution in [0.2, 0.25) is 0 Å². The van der Waals surface area contributed by atoms with Crippen LogP contribution in [0.25, 0.3) is 0 Å². The first-order valence-corrected chi connectivity index (χ1v) is 4.89. The van der Waals surface area contributed by atoms with Crippen molar-refractivity contribution in [2.24, 2.45) is 0 Å². The highest BCUT2D eigenvalue weighted by molar-refractivity contribution is 7.13. The van der Waals surface area contributed by atoms with Gasteiger partial charge in [-0.15, -0.1) is 11.3 Å². The van der Waals surface area contributed by atoms with E-state index in [1.807, 2.05) is 12.3 Å². The van der Waals surface area contributed by atoms with Gasteiger partial charge in [-0.05, 0) is 6.42 Å². The van der Waals surface area contributed by atoms with E-state index in [0.717, 1.165) is 17.2 Å². The highest BCUT2D eigenvalue weighted by Crippen LogP contribution is 2.14. The molecular weight excluding hydrogens is 188 g/mol. The maximum Gasteiger partial charge on any atom is 0.325 e. The van der Waals surface area contributed by atoms with Crippen molar-refractivity contribution >= 4 is 22.4 Å². The second kappa shape index (κ2) is 4.81.